The second kappa shape index (κ2) is 12.6. The third-order valence-electron chi connectivity index (χ3n) is 10.9. The van der Waals surface area contributed by atoms with Crippen LogP contribution < -0.4 is 4.90 Å². The molecule has 0 aliphatic rings. The lowest BCUT2D eigenvalue weighted by atomic mass is 9.92. The van der Waals surface area contributed by atoms with Gasteiger partial charge in [0.1, 0.15) is 16.7 Å². The van der Waals surface area contributed by atoms with Crippen molar-refractivity contribution in [3.63, 3.8) is 0 Å². The van der Waals surface area contributed by atoms with E-state index in [2.05, 4.69) is 193 Å². The van der Waals surface area contributed by atoms with E-state index in [0.29, 0.717) is 0 Å². The Labute approximate surface area is 317 Å². The number of para-hydroxylation sites is 2. The lowest BCUT2D eigenvalue weighted by Crippen LogP contribution is -2.11. The Hall–Kier alpha value is -7.36. The number of hydrogen-bond donors (Lipinski definition) is 0. The van der Waals surface area contributed by atoms with E-state index in [1.54, 1.807) is 0 Å². The van der Waals surface area contributed by atoms with E-state index in [1.165, 1.54) is 22.1 Å². The fraction of sp³-hybridized carbons (Fsp3) is 0. The third kappa shape index (κ3) is 5.05. The van der Waals surface area contributed by atoms with Crippen LogP contribution in [0.5, 0.6) is 0 Å². The molecule has 258 valence electrons. The van der Waals surface area contributed by atoms with Gasteiger partial charge in [0.15, 0.2) is 5.58 Å². The van der Waals surface area contributed by atoms with Gasteiger partial charge >= 0.3 is 0 Å². The molecule has 2 heterocycles. The first-order valence-corrected chi connectivity index (χ1v) is 18.7. The van der Waals surface area contributed by atoms with Crippen molar-refractivity contribution < 1.29 is 8.83 Å². The van der Waals surface area contributed by atoms with E-state index in [9.17, 15) is 0 Å². The highest BCUT2D eigenvalue weighted by molar-refractivity contribution is 6.24. The number of anilines is 3. The van der Waals surface area contributed by atoms with Gasteiger partial charge in [-0.2, -0.15) is 0 Å². The molecule has 55 heavy (non-hydrogen) atoms. The van der Waals surface area contributed by atoms with Crippen molar-refractivity contribution in [1.82, 2.24) is 0 Å². The van der Waals surface area contributed by atoms with Crippen LogP contribution in [0.2, 0.25) is 0 Å². The van der Waals surface area contributed by atoms with Crippen LogP contribution in [0.25, 0.3) is 88.0 Å². The van der Waals surface area contributed by atoms with Gasteiger partial charge in [-0.15, -0.1) is 0 Å². The smallest absolute Gasteiger partial charge is 0.159 e. The van der Waals surface area contributed by atoms with Gasteiger partial charge in [0, 0.05) is 38.2 Å². The molecule has 0 aliphatic carbocycles. The fourth-order valence-electron chi connectivity index (χ4n) is 8.37. The number of benzene rings is 9. The van der Waals surface area contributed by atoms with E-state index in [4.69, 9.17) is 8.83 Å². The van der Waals surface area contributed by atoms with E-state index in [-0.39, 0.29) is 0 Å². The first-order chi connectivity index (χ1) is 27.3. The molecule has 11 rings (SSSR count). The molecular formula is C52H33NO2. The standard InChI is InChI=1S/C52H33NO2/c1-4-15-34(16-5-1)35-27-29-38(30-28-35)53(46-25-14-24-42-40-22-12-13-26-47(40)54-52(42)46)45-31-32-48-50(49(45)37-19-8-3-9-20-37)44-33-43(36-17-6-2-7-18-36)39-21-10-11-23-41(39)51(44)55-48/h1-33H. The molecule has 0 N–H and O–H groups in total. The second-order valence-electron chi connectivity index (χ2n) is 14.0. The van der Waals surface area contributed by atoms with E-state index in [1.807, 2.05) is 12.1 Å². The zero-order chi connectivity index (χ0) is 36.3. The second-order valence-corrected chi connectivity index (χ2v) is 14.0. The minimum Gasteiger partial charge on any atom is -0.455 e. The minimum absolute atomic E-state index is 0.837. The summed E-state index contributed by atoms with van der Waals surface area (Å²) in [6.07, 6.45) is 0. The Morgan fingerprint density at radius 3 is 1.64 bits per heavy atom. The number of nitrogens with zero attached hydrogens (tertiary/aromatic N) is 1. The summed E-state index contributed by atoms with van der Waals surface area (Å²) in [5.74, 6) is 0. The van der Waals surface area contributed by atoms with Crippen LogP contribution in [0.1, 0.15) is 0 Å². The average molecular weight is 704 g/mol. The predicted octanol–water partition coefficient (Wildman–Crippen LogP) is 15.1. The van der Waals surface area contributed by atoms with Crippen molar-refractivity contribution >= 4 is 71.7 Å². The Kier molecular flexibility index (Phi) is 7.17. The Morgan fingerprint density at radius 2 is 0.891 bits per heavy atom. The first kappa shape index (κ1) is 31.2. The van der Waals surface area contributed by atoms with E-state index >= 15 is 0 Å². The highest BCUT2D eigenvalue weighted by atomic mass is 16.3. The third-order valence-corrected chi connectivity index (χ3v) is 10.9. The van der Waals surface area contributed by atoms with Gasteiger partial charge in [-0.05, 0) is 75.7 Å². The molecule has 0 aliphatic heterocycles. The summed E-state index contributed by atoms with van der Waals surface area (Å²) in [4.78, 5) is 2.36. The Bertz CT molecular complexity index is 3180. The van der Waals surface area contributed by atoms with E-state index < -0.39 is 0 Å². The molecule has 3 nitrogen and oxygen atoms in total. The van der Waals surface area contributed by atoms with Gasteiger partial charge in [-0.3, -0.25) is 0 Å². The number of furan rings is 2. The molecule has 0 saturated carbocycles. The summed E-state index contributed by atoms with van der Waals surface area (Å²) in [5, 5.41) is 6.58. The molecule has 0 saturated heterocycles. The quantitative estimate of drug-likeness (QED) is 0.173. The normalized spacial score (nSPS) is 11.6. The molecule has 0 unspecified atom stereocenters. The topological polar surface area (TPSA) is 29.5 Å². The molecule has 0 amide bonds. The molecule has 0 spiro atoms. The van der Waals surface area contributed by atoms with Gasteiger partial charge in [-0.1, -0.05) is 158 Å². The SMILES string of the molecule is c1ccc(-c2ccc(N(c3ccc4oc5c6ccccc6c(-c6ccccc6)cc5c4c3-c3ccccc3)c3cccc4c3oc3ccccc34)cc2)cc1. The number of hydrogen-bond acceptors (Lipinski definition) is 3. The summed E-state index contributed by atoms with van der Waals surface area (Å²) in [6, 6.07) is 70.8. The highest BCUT2D eigenvalue weighted by Gasteiger charge is 2.26. The van der Waals surface area contributed by atoms with Crippen LogP contribution in [-0.2, 0) is 0 Å². The van der Waals surface area contributed by atoms with E-state index in [0.717, 1.165) is 83.0 Å². The van der Waals surface area contributed by atoms with Gasteiger partial charge in [0.25, 0.3) is 0 Å². The molecule has 3 heteroatoms. The van der Waals surface area contributed by atoms with Gasteiger partial charge < -0.3 is 13.7 Å². The van der Waals surface area contributed by atoms with Gasteiger partial charge in [0.05, 0.1) is 11.4 Å². The van der Waals surface area contributed by atoms with Crippen molar-refractivity contribution in [2.75, 3.05) is 4.90 Å². The maximum Gasteiger partial charge on any atom is 0.159 e. The predicted molar refractivity (Wildman–Crippen MR) is 229 cm³/mol. The molecule has 0 atom stereocenters. The van der Waals surface area contributed by atoms with Crippen LogP contribution in [0.3, 0.4) is 0 Å². The lowest BCUT2D eigenvalue weighted by molar-refractivity contribution is 0.669. The average Bonchev–Trinajstić information content (AvgIpc) is 3.84. The van der Waals surface area contributed by atoms with Crippen molar-refractivity contribution in [3.8, 4) is 33.4 Å². The summed E-state index contributed by atoms with van der Waals surface area (Å²) < 4.78 is 13.6. The number of fused-ring (bicyclic) bond motifs is 8. The van der Waals surface area contributed by atoms with Crippen molar-refractivity contribution in [1.29, 1.82) is 0 Å². The van der Waals surface area contributed by atoms with Crippen LogP contribution >= 0.6 is 0 Å². The van der Waals surface area contributed by atoms with Crippen LogP contribution in [0, 0.1) is 0 Å². The molecule has 11 aromatic rings. The zero-order valence-electron chi connectivity index (χ0n) is 29.8. The molecule has 2 aromatic heterocycles. The largest absolute Gasteiger partial charge is 0.455 e. The molecule has 9 aromatic carbocycles. The Balaban J connectivity index is 1.25. The van der Waals surface area contributed by atoms with Crippen LogP contribution in [0.4, 0.5) is 17.1 Å². The first-order valence-electron chi connectivity index (χ1n) is 18.7. The van der Waals surface area contributed by atoms with Crippen molar-refractivity contribution in [3.05, 3.63) is 200 Å². The summed E-state index contributed by atoms with van der Waals surface area (Å²) >= 11 is 0. The maximum atomic E-state index is 6.90. The summed E-state index contributed by atoms with van der Waals surface area (Å²) in [5.41, 5.74) is 13.3. The molecule has 0 radical (unpaired) electrons. The Morgan fingerprint density at radius 1 is 0.327 bits per heavy atom. The van der Waals surface area contributed by atoms with Crippen molar-refractivity contribution in [2.24, 2.45) is 0 Å². The van der Waals surface area contributed by atoms with Gasteiger partial charge in [0.2, 0.25) is 0 Å². The summed E-state index contributed by atoms with van der Waals surface area (Å²) in [6.45, 7) is 0. The van der Waals surface area contributed by atoms with Crippen LogP contribution in [-0.4, -0.2) is 0 Å². The molecular weight excluding hydrogens is 671 g/mol. The summed E-state index contributed by atoms with van der Waals surface area (Å²) in [7, 11) is 0. The fourth-order valence-corrected chi connectivity index (χ4v) is 8.37. The molecule has 0 fully saturated rings. The van der Waals surface area contributed by atoms with Crippen molar-refractivity contribution in [2.45, 2.75) is 0 Å². The maximum absolute atomic E-state index is 6.90. The molecule has 0 bridgehead atoms. The lowest BCUT2D eigenvalue weighted by Gasteiger charge is -2.28. The highest BCUT2D eigenvalue weighted by Crippen LogP contribution is 2.50. The van der Waals surface area contributed by atoms with Gasteiger partial charge in [-0.25, -0.2) is 0 Å². The monoisotopic (exact) mass is 703 g/mol. The van der Waals surface area contributed by atoms with Crippen LogP contribution in [0.15, 0.2) is 209 Å². The zero-order valence-corrected chi connectivity index (χ0v) is 29.8. The number of rotatable bonds is 6. The minimum atomic E-state index is 0.837.